The van der Waals surface area contributed by atoms with Gasteiger partial charge in [-0.3, -0.25) is 9.59 Å². The van der Waals surface area contributed by atoms with Crippen molar-refractivity contribution in [2.75, 3.05) is 5.32 Å². The standard InChI is InChI=1S/C18H23Cl2NO3/c1-11-3-5-14(9-12(11)2)24-18(23)8-7-17(22)21-13-4-6-15(19)16(20)10-13/h4,6,10-12,14H,3,5,7-9H2,1-2H3,(H,21,22). The van der Waals surface area contributed by atoms with Gasteiger partial charge in [-0.05, 0) is 49.3 Å². The van der Waals surface area contributed by atoms with Crippen molar-refractivity contribution in [3.8, 4) is 0 Å². The van der Waals surface area contributed by atoms with E-state index in [-0.39, 0.29) is 30.8 Å². The maximum Gasteiger partial charge on any atom is 0.306 e. The third kappa shape index (κ3) is 5.67. The average Bonchev–Trinajstić information content (AvgIpc) is 2.53. The first-order valence-corrected chi connectivity index (χ1v) is 9.05. The van der Waals surface area contributed by atoms with Crippen molar-refractivity contribution in [3.05, 3.63) is 28.2 Å². The summed E-state index contributed by atoms with van der Waals surface area (Å²) in [5.41, 5.74) is 0.554. The van der Waals surface area contributed by atoms with E-state index in [9.17, 15) is 9.59 Å². The summed E-state index contributed by atoms with van der Waals surface area (Å²) in [5, 5.41) is 3.49. The molecule has 1 aromatic carbocycles. The van der Waals surface area contributed by atoms with Crippen LogP contribution in [0.15, 0.2) is 18.2 Å². The fourth-order valence-corrected chi connectivity index (χ4v) is 3.16. The average molecular weight is 372 g/mol. The summed E-state index contributed by atoms with van der Waals surface area (Å²) in [6.45, 7) is 4.42. The molecule has 1 aliphatic rings. The Labute approximate surface area is 152 Å². The third-order valence-electron chi connectivity index (χ3n) is 4.61. The fraction of sp³-hybridized carbons (Fsp3) is 0.556. The molecule has 0 bridgehead atoms. The number of carbonyl (C=O) groups excluding carboxylic acids is 2. The molecule has 1 aliphatic carbocycles. The van der Waals surface area contributed by atoms with Crippen molar-refractivity contribution in [1.29, 1.82) is 0 Å². The SMILES string of the molecule is CC1CCC(OC(=O)CCC(=O)Nc2ccc(Cl)c(Cl)c2)CC1C. The van der Waals surface area contributed by atoms with Gasteiger partial charge in [-0.2, -0.15) is 0 Å². The van der Waals surface area contributed by atoms with Gasteiger partial charge >= 0.3 is 5.97 Å². The number of ether oxygens (including phenoxy) is 1. The van der Waals surface area contributed by atoms with Crippen molar-refractivity contribution < 1.29 is 14.3 Å². The van der Waals surface area contributed by atoms with Gasteiger partial charge in [0.15, 0.2) is 0 Å². The molecule has 24 heavy (non-hydrogen) atoms. The zero-order valence-electron chi connectivity index (χ0n) is 14.0. The summed E-state index contributed by atoms with van der Waals surface area (Å²) in [7, 11) is 0. The summed E-state index contributed by atoms with van der Waals surface area (Å²) in [4.78, 5) is 23.8. The highest BCUT2D eigenvalue weighted by Gasteiger charge is 2.27. The Balaban J connectivity index is 1.73. The van der Waals surface area contributed by atoms with Crippen molar-refractivity contribution >= 4 is 40.8 Å². The minimum absolute atomic E-state index is 0.0122. The summed E-state index contributed by atoms with van der Waals surface area (Å²) in [5.74, 6) is 0.674. The largest absolute Gasteiger partial charge is 0.462 e. The van der Waals surface area contributed by atoms with Crippen LogP contribution in [-0.2, 0) is 14.3 Å². The first kappa shape index (κ1) is 19.1. The van der Waals surface area contributed by atoms with Gasteiger partial charge in [-0.1, -0.05) is 37.0 Å². The van der Waals surface area contributed by atoms with Crippen molar-refractivity contribution in [2.45, 2.75) is 52.1 Å². The molecule has 0 saturated heterocycles. The molecule has 0 aromatic heterocycles. The quantitative estimate of drug-likeness (QED) is 0.734. The lowest BCUT2D eigenvalue weighted by Gasteiger charge is -2.31. The van der Waals surface area contributed by atoms with E-state index >= 15 is 0 Å². The molecule has 6 heteroatoms. The van der Waals surface area contributed by atoms with E-state index < -0.39 is 0 Å². The van der Waals surface area contributed by atoms with Gasteiger partial charge < -0.3 is 10.1 Å². The molecule has 0 spiro atoms. The number of hydrogen-bond acceptors (Lipinski definition) is 3. The Morgan fingerprint density at radius 1 is 1.12 bits per heavy atom. The van der Waals surface area contributed by atoms with E-state index in [0.29, 0.717) is 27.6 Å². The fourth-order valence-electron chi connectivity index (χ4n) is 2.86. The molecular weight excluding hydrogens is 349 g/mol. The van der Waals surface area contributed by atoms with E-state index in [0.717, 1.165) is 19.3 Å². The monoisotopic (exact) mass is 371 g/mol. The molecule has 0 radical (unpaired) electrons. The van der Waals surface area contributed by atoms with Gasteiger partial charge in [0.25, 0.3) is 0 Å². The molecule has 4 nitrogen and oxygen atoms in total. The molecule has 0 heterocycles. The molecule has 3 atom stereocenters. The van der Waals surface area contributed by atoms with Crippen LogP contribution < -0.4 is 5.32 Å². The normalized spacial score (nSPS) is 23.6. The minimum atomic E-state index is -0.314. The zero-order chi connectivity index (χ0) is 17.7. The van der Waals surface area contributed by atoms with E-state index in [1.807, 2.05) is 0 Å². The maximum absolute atomic E-state index is 11.9. The Morgan fingerprint density at radius 3 is 2.54 bits per heavy atom. The number of hydrogen-bond donors (Lipinski definition) is 1. The van der Waals surface area contributed by atoms with Crippen LogP contribution in [0.2, 0.25) is 10.0 Å². The number of carbonyl (C=O) groups is 2. The van der Waals surface area contributed by atoms with Gasteiger partial charge in [0.05, 0.1) is 16.5 Å². The number of halogens is 2. The Morgan fingerprint density at radius 2 is 1.88 bits per heavy atom. The third-order valence-corrected chi connectivity index (χ3v) is 5.35. The number of nitrogens with one attached hydrogen (secondary N) is 1. The lowest BCUT2D eigenvalue weighted by atomic mass is 9.80. The molecule has 132 valence electrons. The summed E-state index contributed by atoms with van der Waals surface area (Å²) >= 11 is 11.7. The topological polar surface area (TPSA) is 55.4 Å². The predicted molar refractivity (Wildman–Crippen MR) is 96.4 cm³/mol. The lowest BCUT2D eigenvalue weighted by molar-refractivity contribution is -0.152. The summed E-state index contributed by atoms with van der Waals surface area (Å²) in [6.07, 6.45) is 3.04. The van der Waals surface area contributed by atoms with E-state index in [1.54, 1.807) is 18.2 Å². The van der Waals surface area contributed by atoms with Crippen molar-refractivity contribution in [3.63, 3.8) is 0 Å². The number of anilines is 1. The first-order valence-electron chi connectivity index (χ1n) is 8.29. The first-order chi connectivity index (χ1) is 11.3. The summed E-state index contributed by atoms with van der Waals surface area (Å²) < 4.78 is 5.49. The molecule has 1 N–H and O–H groups in total. The molecule has 1 saturated carbocycles. The van der Waals surface area contributed by atoms with Crippen LogP contribution in [0.3, 0.4) is 0 Å². The predicted octanol–water partition coefficient (Wildman–Crippen LogP) is 5.08. The van der Waals surface area contributed by atoms with Crippen molar-refractivity contribution in [2.24, 2.45) is 11.8 Å². The minimum Gasteiger partial charge on any atom is -0.462 e. The molecule has 0 aliphatic heterocycles. The van der Waals surface area contributed by atoms with Crippen LogP contribution in [0.5, 0.6) is 0 Å². The highest BCUT2D eigenvalue weighted by atomic mass is 35.5. The van der Waals surface area contributed by atoms with Crippen LogP contribution in [0.4, 0.5) is 5.69 Å². The van der Waals surface area contributed by atoms with Gasteiger partial charge in [0.1, 0.15) is 6.10 Å². The van der Waals surface area contributed by atoms with Crippen LogP contribution in [0.1, 0.15) is 46.0 Å². The summed E-state index contributed by atoms with van der Waals surface area (Å²) in [6, 6.07) is 4.85. The number of amides is 1. The lowest BCUT2D eigenvalue weighted by Crippen LogP contribution is -2.29. The number of benzene rings is 1. The Kier molecular flexibility index (Phi) is 6.93. The van der Waals surface area contributed by atoms with Gasteiger partial charge in [-0.15, -0.1) is 0 Å². The highest BCUT2D eigenvalue weighted by molar-refractivity contribution is 6.42. The van der Waals surface area contributed by atoms with Gasteiger partial charge in [-0.25, -0.2) is 0 Å². The van der Waals surface area contributed by atoms with Gasteiger partial charge in [0.2, 0.25) is 5.91 Å². The van der Waals surface area contributed by atoms with E-state index in [2.05, 4.69) is 19.2 Å². The molecule has 1 fully saturated rings. The smallest absolute Gasteiger partial charge is 0.306 e. The zero-order valence-corrected chi connectivity index (χ0v) is 15.5. The second-order valence-electron chi connectivity index (χ2n) is 6.56. The van der Waals surface area contributed by atoms with Crippen LogP contribution >= 0.6 is 23.2 Å². The van der Waals surface area contributed by atoms with E-state index in [1.165, 1.54) is 0 Å². The van der Waals surface area contributed by atoms with Gasteiger partial charge in [0, 0.05) is 12.1 Å². The molecule has 2 rings (SSSR count). The second kappa shape index (κ2) is 8.72. The number of esters is 1. The molecule has 3 unspecified atom stereocenters. The van der Waals surface area contributed by atoms with Crippen LogP contribution in [0.25, 0.3) is 0 Å². The van der Waals surface area contributed by atoms with Crippen molar-refractivity contribution in [1.82, 2.24) is 0 Å². The van der Waals surface area contributed by atoms with E-state index in [4.69, 9.17) is 27.9 Å². The Hall–Kier alpha value is -1.26. The molecule has 1 aromatic rings. The second-order valence-corrected chi connectivity index (χ2v) is 7.37. The maximum atomic E-state index is 11.9. The number of rotatable bonds is 5. The molecule has 1 amide bonds. The van der Waals surface area contributed by atoms with Crippen LogP contribution in [0, 0.1) is 11.8 Å². The Bertz CT molecular complexity index is 606. The highest BCUT2D eigenvalue weighted by Crippen LogP contribution is 2.31. The molecular formula is C18H23Cl2NO3. The van der Waals surface area contributed by atoms with Crippen LogP contribution in [-0.4, -0.2) is 18.0 Å².